The molecule has 2 amide bonds. The summed E-state index contributed by atoms with van der Waals surface area (Å²) in [5.41, 5.74) is 2.26. The molecule has 0 aliphatic carbocycles. The Balaban J connectivity index is 2.07. The molecule has 0 bridgehead atoms. The number of hydrogen-bond acceptors (Lipinski definition) is 3. The maximum atomic E-state index is 12.2. The molecule has 134 valence electrons. The van der Waals surface area contributed by atoms with E-state index in [1.54, 1.807) is 25.6 Å². The largest absolute Gasteiger partial charge is 0.481 e. The minimum atomic E-state index is -0.884. The van der Waals surface area contributed by atoms with E-state index in [0.29, 0.717) is 12.2 Å². The number of anilines is 1. The second kappa shape index (κ2) is 7.38. The van der Waals surface area contributed by atoms with Crippen LogP contribution in [0.15, 0.2) is 30.3 Å². The fourth-order valence-corrected chi connectivity index (χ4v) is 2.51. The van der Waals surface area contributed by atoms with Crippen LogP contribution in [-0.4, -0.2) is 32.4 Å². The number of nitrogens with one attached hydrogen (secondary N) is 2. The molecule has 1 heterocycles. The van der Waals surface area contributed by atoms with E-state index in [9.17, 15) is 9.59 Å². The molecule has 0 unspecified atom stereocenters. The number of carboxylic acids is 1. The fourth-order valence-electron chi connectivity index (χ4n) is 2.51. The summed E-state index contributed by atoms with van der Waals surface area (Å²) in [6.45, 7) is 5.59. The monoisotopic (exact) mass is 344 g/mol. The lowest BCUT2D eigenvalue weighted by Crippen LogP contribution is -2.46. The Labute approximate surface area is 147 Å². The molecule has 0 saturated carbocycles. The van der Waals surface area contributed by atoms with Gasteiger partial charge in [-0.05, 0) is 32.8 Å². The number of hydrogen-bond donors (Lipinski definition) is 3. The van der Waals surface area contributed by atoms with Crippen LogP contribution in [0.3, 0.4) is 0 Å². The highest BCUT2D eigenvalue weighted by Gasteiger charge is 2.22. The van der Waals surface area contributed by atoms with Gasteiger partial charge in [0.25, 0.3) is 0 Å². The van der Waals surface area contributed by atoms with E-state index in [4.69, 9.17) is 5.11 Å². The molecule has 3 N–H and O–H groups in total. The standard InChI is InChI=1S/C18H24N4O3/c1-12-7-5-6-8-13(12)14-11-15(22(4)21-14)19-17(25)20-18(2,3)10-9-16(23)24/h5-8,11H,9-10H2,1-4H3,(H,23,24)(H2,19,20,25). The third-order valence-electron chi connectivity index (χ3n) is 3.96. The number of rotatable bonds is 6. The molecule has 1 aromatic heterocycles. The van der Waals surface area contributed by atoms with Crippen LogP contribution in [0.25, 0.3) is 11.3 Å². The van der Waals surface area contributed by atoms with Crippen LogP contribution in [0.2, 0.25) is 0 Å². The van der Waals surface area contributed by atoms with Crippen molar-refractivity contribution in [1.29, 1.82) is 0 Å². The van der Waals surface area contributed by atoms with Crippen molar-refractivity contribution in [3.63, 3.8) is 0 Å². The molecule has 0 fully saturated rings. The lowest BCUT2D eigenvalue weighted by atomic mass is 9.99. The van der Waals surface area contributed by atoms with Crippen LogP contribution in [0, 0.1) is 6.92 Å². The van der Waals surface area contributed by atoms with Gasteiger partial charge >= 0.3 is 12.0 Å². The summed E-state index contributed by atoms with van der Waals surface area (Å²) in [5, 5.41) is 18.8. The molecule has 0 atom stereocenters. The Bertz CT molecular complexity index is 780. The zero-order valence-corrected chi connectivity index (χ0v) is 15.0. The zero-order valence-electron chi connectivity index (χ0n) is 15.0. The zero-order chi connectivity index (χ0) is 18.6. The van der Waals surface area contributed by atoms with E-state index >= 15 is 0 Å². The van der Waals surface area contributed by atoms with E-state index < -0.39 is 17.5 Å². The Morgan fingerprint density at radius 1 is 1.28 bits per heavy atom. The summed E-state index contributed by atoms with van der Waals surface area (Å²) in [6.07, 6.45) is 0.339. The van der Waals surface area contributed by atoms with Gasteiger partial charge in [-0.1, -0.05) is 24.3 Å². The summed E-state index contributed by atoms with van der Waals surface area (Å²) in [4.78, 5) is 22.9. The number of urea groups is 1. The van der Waals surface area contributed by atoms with Gasteiger partial charge in [-0.15, -0.1) is 0 Å². The first kappa shape index (κ1) is 18.5. The number of benzene rings is 1. The number of carbonyl (C=O) groups is 2. The van der Waals surface area contributed by atoms with E-state index in [0.717, 1.165) is 16.8 Å². The molecule has 7 heteroatoms. The van der Waals surface area contributed by atoms with Gasteiger partial charge in [0.2, 0.25) is 0 Å². The van der Waals surface area contributed by atoms with Crippen molar-refractivity contribution in [1.82, 2.24) is 15.1 Å². The number of amides is 2. The average Bonchev–Trinajstić information content (AvgIpc) is 2.86. The minimum absolute atomic E-state index is 0.00355. The number of carboxylic acid groups (broad SMARTS) is 1. The Morgan fingerprint density at radius 3 is 2.60 bits per heavy atom. The van der Waals surface area contributed by atoms with Gasteiger partial charge in [0.05, 0.1) is 5.69 Å². The van der Waals surface area contributed by atoms with Crippen LogP contribution in [0.5, 0.6) is 0 Å². The first-order valence-corrected chi connectivity index (χ1v) is 8.09. The molecule has 25 heavy (non-hydrogen) atoms. The fraction of sp³-hybridized carbons (Fsp3) is 0.389. The molecule has 0 aliphatic rings. The number of aromatic nitrogens is 2. The molecular weight excluding hydrogens is 320 g/mol. The summed E-state index contributed by atoms with van der Waals surface area (Å²) >= 11 is 0. The van der Waals surface area contributed by atoms with Gasteiger partial charge in [-0.25, -0.2) is 4.79 Å². The van der Waals surface area contributed by atoms with Gasteiger partial charge in [-0.2, -0.15) is 5.10 Å². The average molecular weight is 344 g/mol. The molecular formula is C18H24N4O3. The normalized spacial score (nSPS) is 11.2. The van der Waals surface area contributed by atoms with E-state index in [1.165, 1.54) is 0 Å². The Hall–Kier alpha value is -2.83. The highest BCUT2D eigenvalue weighted by Crippen LogP contribution is 2.24. The second-order valence-electron chi connectivity index (χ2n) is 6.71. The summed E-state index contributed by atoms with van der Waals surface area (Å²) in [7, 11) is 1.76. The van der Waals surface area contributed by atoms with Crippen molar-refractivity contribution in [2.45, 2.75) is 39.2 Å². The topological polar surface area (TPSA) is 96.3 Å². The number of carbonyl (C=O) groups excluding carboxylic acids is 1. The first-order valence-electron chi connectivity index (χ1n) is 8.09. The Kier molecular flexibility index (Phi) is 5.46. The van der Waals surface area contributed by atoms with Crippen LogP contribution >= 0.6 is 0 Å². The van der Waals surface area contributed by atoms with Crippen molar-refractivity contribution >= 4 is 17.8 Å². The highest BCUT2D eigenvalue weighted by molar-refractivity contribution is 5.89. The maximum absolute atomic E-state index is 12.2. The predicted molar refractivity (Wildman–Crippen MR) is 96.5 cm³/mol. The van der Waals surface area contributed by atoms with Crippen LogP contribution in [-0.2, 0) is 11.8 Å². The van der Waals surface area contributed by atoms with Crippen molar-refractivity contribution in [3.05, 3.63) is 35.9 Å². The maximum Gasteiger partial charge on any atom is 0.320 e. The van der Waals surface area contributed by atoms with Crippen molar-refractivity contribution in [2.24, 2.45) is 7.05 Å². The van der Waals surface area contributed by atoms with Gasteiger partial charge in [-0.3, -0.25) is 14.8 Å². The second-order valence-corrected chi connectivity index (χ2v) is 6.71. The van der Waals surface area contributed by atoms with Crippen molar-refractivity contribution in [3.8, 4) is 11.3 Å². The third kappa shape index (κ3) is 5.07. The van der Waals surface area contributed by atoms with E-state index in [2.05, 4.69) is 15.7 Å². The quantitative estimate of drug-likeness (QED) is 0.750. The first-order chi connectivity index (χ1) is 11.7. The van der Waals surface area contributed by atoms with Gasteiger partial charge in [0, 0.05) is 30.6 Å². The predicted octanol–water partition coefficient (Wildman–Crippen LogP) is 3.16. The summed E-state index contributed by atoms with van der Waals surface area (Å²) in [6, 6.07) is 9.32. The number of nitrogens with zero attached hydrogens (tertiary/aromatic N) is 2. The molecule has 7 nitrogen and oxygen atoms in total. The number of aryl methyl sites for hydroxylation is 2. The van der Waals surface area contributed by atoms with Gasteiger partial charge < -0.3 is 10.4 Å². The molecule has 0 aliphatic heterocycles. The summed E-state index contributed by atoms with van der Waals surface area (Å²) in [5.74, 6) is -0.324. The highest BCUT2D eigenvalue weighted by atomic mass is 16.4. The van der Waals surface area contributed by atoms with Crippen LogP contribution in [0.4, 0.5) is 10.6 Å². The molecule has 1 aromatic carbocycles. The van der Waals surface area contributed by atoms with Gasteiger partial charge in [0.1, 0.15) is 5.82 Å². The smallest absolute Gasteiger partial charge is 0.320 e. The number of aliphatic carboxylic acids is 1. The van der Waals surface area contributed by atoms with Gasteiger partial charge in [0.15, 0.2) is 0 Å². The van der Waals surface area contributed by atoms with E-state index in [1.807, 2.05) is 37.3 Å². The Morgan fingerprint density at radius 2 is 1.96 bits per heavy atom. The SMILES string of the molecule is Cc1ccccc1-c1cc(NC(=O)NC(C)(C)CCC(=O)O)n(C)n1. The molecule has 0 saturated heterocycles. The molecule has 0 spiro atoms. The molecule has 2 rings (SSSR count). The van der Waals surface area contributed by atoms with Crippen molar-refractivity contribution < 1.29 is 14.7 Å². The lowest BCUT2D eigenvalue weighted by Gasteiger charge is -2.25. The summed E-state index contributed by atoms with van der Waals surface area (Å²) < 4.78 is 1.60. The van der Waals surface area contributed by atoms with Crippen LogP contribution < -0.4 is 10.6 Å². The molecule has 2 aromatic rings. The minimum Gasteiger partial charge on any atom is -0.481 e. The third-order valence-corrected chi connectivity index (χ3v) is 3.96. The molecule has 0 radical (unpaired) electrons. The van der Waals surface area contributed by atoms with Crippen molar-refractivity contribution in [2.75, 3.05) is 5.32 Å². The lowest BCUT2D eigenvalue weighted by molar-refractivity contribution is -0.137. The van der Waals surface area contributed by atoms with E-state index in [-0.39, 0.29) is 6.42 Å². The van der Waals surface area contributed by atoms with Crippen LogP contribution in [0.1, 0.15) is 32.3 Å².